The lowest BCUT2D eigenvalue weighted by atomic mass is 10.2. The molecule has 0 unspecified atom stereocenters. The van der Waals surface area contributed by atoms with Crippen molar-refractivity contribution < 1.29 is 17.9 Å². The maximum absolute atomic E-state index is 10.9. The van der Waals surface area contributed by atoms with Crippen LogP contribution in [-0.4, -0.2) is 33.9 Å². The summed E-state index contributed by atoms with van der Waals surface area (Å²) in [6.07, 6.45) is 0.828. The Morgan fingerprint density at radius 2 is 2.06 bits per heavy atom. The molecule has 2 rings (SSSR count). The molecule has 1 heterocycles. The molecule has 16 heavy (non-hydrogen) atoms. The largest absolute Gasteiger partial charge is 0.486 e. The molecule has 1 aromatic rings. The Labute approximate surface area is 94.4 Å². The quantitative estimate of drug-likeness (QED) is 0.833. The zero-order valence-electron chi connectivity index (χ0n) is 8.84. The van der Waals surface area contributed by atoms with Gasteiger partial charge in [0, 0.05) is 0 Å². The van der Waals surface area contributed by atoms with Gasteiger partial charge in [-0.2, -0.15) is 0 Å². The summed E-state index contributed by atoms with van der Waals surface area (Å²) < 4.78 is 35.2. The lowest BCUT2D eigenvalue weighted by Crippen LogP contribution is -2.40. The second-order valence-corrected chi connectivity index (χ2v) is 5.45. The van der Waals surface area contributed by atoms with Crippen LogP contribution in [0.25, 0.3) is 0 Å². The van der Waals surface area contributed by atoms with Crippen LogP contribution in [0.1, 0.15) is 0 Å². The Morgan fingerprint density at radius 1 is 1.38 bits per heavy atom. The van der Waals surface area contributed by atoms with E-state index in [4.69, 9.17) is 9.47 Å². The first-order valence-electron chi connectivity index (χ1n) is 4.88. The van der Waals surface area contributed by atoms with E-state index in [0.29, 0.717) is 18.1 Å². The fourth-order valence-corrected chi connectivity index (χ4v) is 1.90. The van der Waals surface area contributed by atoms with E-state index in [2.05, 4.69) is 4.72 Å². The molecule has 0 bridgehead atoms. The van der Waals surface area contributed by atoms with Crippen molar-refractivity contribution >= 4 is 10.0 Å². The summed E-state index contributed by atoms with van der Waals surface area (Å²) in [5.74, 6) is 1.34. The van der Waals surface area contributed by atoms with Gasteiger partial charge in [0.25, 0.3) is 0 Å². The smallest absolute Gasteiger partial charge is 0.208 e. The summed E-state index contributed by atoms with van der Waals surface area (Å²) in [7, 11) is -3.19. The van der Waals surface area contributed by atoms with Crippen LogP contribution in [0.15, 0.2) is 24.3 Å². The Kier molecular flexibility index (Phi) is 3.02. The van der Waals surface area contributed by atoms with Gasteiger partial charge in [-0.3, -0.25) is 0 Å². The molecular formula is C10H13NO4S. The summed E-state index contributed by atoms with van der Waals surface area (Å²) in [6, 6.07) is 7.31. The third-order valence-electron chi connectivity index (χ3n) is 2.14. The predicted octanol–water partition coefficient (Wildman–Crippen LogP) is 0.376. The highest BCUT2D eigenvalue weighted by Crippen LogP contribution is 2.30. The maximum atomic E-state index is 10.9. The predicted molar refractivity (Wildman–Crippen MR) is 59.2 cm³/mol. The normalized spacial score (nSPS) is 19.4. The van der Waals surface area contributed by atoms with E-state index in [-0.39, 0.29) is 12.6 Å². The SMILES string of the molecule is CS(=O)(=O)NC[C@H]1COc2ccccc2O1. The summed E-state index contributed by atoms with van der Waals surface area (Å²) in [4.78, 5) is 0. The minimum atomic E-state index is -3.19. The number of benzene rings is 1. The van der Waals surface area contributed by atoms with Gasteiger partial charge in [-0.1, -0.05) is 12.1 Å². The number of sulfonamides is 1. The van der Waals surface area contributed by atoms with E-state index in [9.17, 15) is 8.42 Å². The topological polar surface area (TPSA) is 64.6 Å². The minimum Gasteiger partial charge on any atom is -0.486 e. The van der Waals surface area contributed by atoms with E-state index in [1.54, 1.807) is 6.07 Å². The third kappa shape index (κ3) is 2.86. The van der Waals surface area contributed by atoms with Crippen molar-refractivity contribution in [3.63, 3.8) is 0 Å². The van der Waals surface area contributed by atoms with Crippen molar-refractivity contribution in [1.82, 2.24) is 4.72 Å². The number of hydrogen-bond donors (Lipinski definition) is 1. The van der Waals surface area contributed by atoms with Crippen LogP contribution in [-0.2, 0) is 10.0 Å². The number of rotatable bonds is 3. The fraction of sp³-hybridized carbons (Fsp3) is 0.400. The standard InChI is InChI=1S/C10H13NO4S/c1-16(12,13)11-6-8-7-14-9-4-2-3-5-10(9)15-8/h2-5,8,11H,6-7H2,1H3/t8-/m0/s1. The summed E-state index contributed by atoms with van der Waals surface area (Å²) in [5.41, 5.74) is 0. The van der Waals surface area contributed by atoms with Gasteiger partial charge in [-0.15, -0.1) is 0 Å². The highest BCUT2D eigenvalue weighted by molar-refractivity contribution is 7.88. The second kappa shape index (κ2) is 4.31. The molecule has 0 aliphatic carbocycles. The van der Waals surface area contributed by atoms with Crippen LogP contribution in [0.5, 0.6) is 11.5 Å². The van der Waals surface area contributed by atoms with Crippen LogP contribution in [0.4, 0.5) is 0 Å². The molecule has 1 atom stereocenters. The fourth-order valence-electron chi connectivity index (χ4n) is 1.41. The molecule has 1 N–H and O–H groups in total. The van der Waals surface area contributed by atoms with Gasteiger partial charge >= 0.3 is 0 Å². The van der Waals surface area contributed by atoms with Gasteiger partial charge in [0.15, 0.2) is 11.5 Å². The van der Waals surface area contributed by atoms with Gasteiger partial charge in [0.2, 0.25) is 10.0 Å². The zero-order valence-corrected chi connectivity index (χ0v) is 9.66. The van der Waals surface area contributed by atoms with Crippen molar-refractivity contribution in [3.05, 3.63) is 24.3 Å². The van der Waals surface area contributed by atoms with E-state index in [1.165, 1.54) is 0 Å². The molecule has 1 aromatic carbocycles. The molecule has 0 saturated heterocycles. The van der Waals surface area contributed by atoms with Gasteiger partial charge in [-0.05, 0) is 12.1 Å². The molecular weight excluding hydrogens is 230 g/mol. The highest BCUT2D eigenvalue weighted by Gasteiger charge is 2.21. The Morgan fingerprint density at radius 3 is 2.75 bits per heavy atom. The van der Waals surface area contributed by atoms with E-state index in [1.807, 2.05) is 18.2 Å². The molecule has 0 aromatic heterocycles. The first kappa shape index (κ1) is 11.2. The molecule has 0 amide bonds. The maximum Gasteiger partial charge on any atom is 0.208 e. The van der Waals surface area contributed by atoms with Crippen LogP contribution in [0, 0.1) is 0 Å². The van der Waals surface area contributed by atoms with Crippen molar-refractivity contribution in [2.75, 3.05) is 19.4 Å². The third-order valence-corrected chi connectivity index (χ3v) is 2.83. The average molecular weight is 243 g/mol. The van der Waals surface area contributed by atoms with E-state index >= 15 is 0 Å². The number of fused-ring (bicyclic) bond motifs is 1. The first-order chi connectivity index (χ1) is 7.54. The van der Waals surface area contributed by atoms with E-state index < -0.39 is 10.0 Å². The van der Waals surface area contributed by atoms with Crippen LogP contribution < -0.4 is 14.2 Å². The van der Waals surface area contributed by atoms with Crippen LogP contribution in [0.3, 0.4) is 0 Å². The van der Waals surface area contributed by atoms with Crippen LogP contribution >= 0.6 is 0 Å². The lowest BCUT2D eigenvalue weighted by molar-refractivity contribution is 0.0943. The molecule has 5 nitrogen and oxygen atoms in total. The molecule has 88 valence electrons. The Balaban J connectivity index is 1.98. The molecule has 0 spiro atoms. The van der Waals surface area contributed by atoms with Gasteiger partial charge in [-0.25, -0.2) is 13.1 Å². The van der Waals surface area contributed by atoms with Gasteiger partial charge in [0.1, 0.15) is 12.7 Å². The number of ether oxygens (including phenoxy) is 2. The summed E-state index contributed by atoms with van der Waals surface area (Å²) in [6.45, 7) is 0.562. The number of nitrogens with one attached hydrogen (secondary N) is 1. The van der Waals surface area contributed by atoms with Crippen molar-refractivity contribution in [2.45, 2.75) is 6.10 Å². The summed E-state index contributed by atoms with van der Waals surface area (Å²) >= 11 is 0. The Bertz CT molecular complexity index is 471. The van der Waals surface area contributed by atoms with Gasteiger partial charge in [0.05, 0.1) is 12.8 Å². The average Bonchev–Trinajstić information content (AvgIpc) is 2.25. The molecule has 0 fully saturated rings. The summed E-state index contributed by atoms with van der Waals surface area (Å²) in [5, 5.41) is 0. The lowest BCUT2D eigenvalue weighted by Gasteiger charge is -2.26. The molecule has 0 saturated carbocycles. The molecule has 1 aliphatic heterocycles. The van der Waals surface area contributed by atoms with Crippen LogP contribution in [0.2, 0.25) is 0 Å². The monoisotopic (exact) mass is 243 g/mol. The first-order valence-corrected chi connectivity index (χ1v) is 6.77. The number of para-hydroxylation sites is 2. The minimum absolute atomic E-state index is 0.215. The Hall–Kier alpha value is -1.27. The zero-order chi connectivity index (χ0) is 11.6. The molecule has 1 aliphatic rings. The van der Waals surface area contributed by atoms with Gasteiger partial charge < -0.3 is 9.47 Å². The van der Waals surface area contributed by atoms with Crippen molar-refractivity contribution in [3.8, 4) is 11.5 Å². The van der Waals surface area contributed by atoms with E-state index in [0.717, 1.165) is 6.26 Å². The van der Waals surface area contributed by atoms with Crippen molar-refractivity contribution in [2.24, 2.45) is 0 Å². The molecule has 6 heteroatoms. The second-order valence-electron chi connectivity index (χ2n) is 3.62. The highest BCUT2D eigenvalue weighted by atomic mass is 32.2. The molecule has 0 radical (unpaired) electrons. The number of hydrogen-bond acceptors (Lipinski definition) is 4. The van der Waals surface area contributed by atoms with Crippen molar-refractivity contribution in [1.29, 1.82) is 0 Å².